The summed E-state index contributed by atoms with van der Waals surface area (Å²) in [5, 5.41) is 25.5. The average molecular weight is 468 g/mol. The molecule has 2 aliphatic heterocycles. The molecule has 178 valence electrons. The molecule has 1 fully saturated rings. The number of nitrogens with two attached hydrogens (primary N) is 1. The largest absolute Gasteiger partial charge is 0.489 e. The van der Waals surface area contributed by atoms with E-state index < -0.39 is 24.1 Å². The summed E-state index contributed by atoms with van der Waals surface area (Å²) in [7, 11) is 0. The van der Waals surface area contributed by atoms with Crippen molar-refractivity contribution in [1.29, 1.82) is 0 Å². The molecule has 0 radical (unpaired) electrons. The van der Waals surface area contributed by atoms with Crippen LogP contribution in [0.4, 0.5) is 23.1 Å². The van der Waals surface area contributed by atoms with Gasteiger partial charge in [0.05, 0.1) is 25.5 Å². The number of fused-ring (bicyclic) bond motifs is 2. The normalized spacial score (nSPS) is 20.6. The number of anilines is 4. The van der Waals surface area contributed by atoms with Gasteiger partial charge in [-0.1, -0.05) is 12.1 Å². The summed E-state index contributed by atoms with van der Waals surface area (Å²) >= 11 is 0. The molecular weight excluding hydrogens is 444 g/mol. The number of benzene rings is 1. The lowest BCUT2D eigenvalue weighted by atomic mass is 10.2. The molecule has 3 atom stereocenters. The lowest BCUT2D eigenvalue weighted by molar-refractivity contribution is -0.0459. The van der Waals surface area contributed by atoms with Gasteiger partial charge in [0.1, 0.15) is 42.0 Å². The van der Waals surface area contributed by atoms with Crippen LogP contribution in [0.15, 0.2) is 47.4 Å². The zero-order valence-corrected chi connectivity index (χ0v) is 18.0. The number of rotatable bonds is 7. The second-order valence-corrected chi connectivity index (χ2v) is 7.84. The van der Waals surface area contributed by atoms with E-state index >= 15 is 0 Å². The van der Waals surface area contributed by atoms with Crippen molar-refractivity contribution in [2.24, 2.45) is 0 Å². The molecule has 6 N–H and O–H groups in total. The summed E-state index contributed by atoms with van der Waals surface area (Å²) in [6.07, 6.45) is -0.738. The Morgan fingerprint density at radius 3 is 2.88 bits per heavy atom. The van der Waals surface area contributed by atoms with Gasteiger partial charge in [0.2, 0.25) is 0 Å². The maximum atomic E-state index is 12.6. The Hall–Kier alpha value is -3.87. The van der Waals surface area contributed by atoms with E-state index in [1.165, 1.54) is 10.8 Å². The molecule has 1 unspecified atom stereocenters. The third kappa shape index (κ3) is 4.33. The van der Waals surface area contributed by atoms with Gasteiger partial charge in [0, 0.05) is 6.42 Å². The molecule has 1 saturated heterocycles. The van der Waals surface area contributed by atoms with Crippen LogP contribution in [0.5, 0.6) is 17.2 Å². The van der Waals surface area contributed by atoms with Crippen molar-refractivity contribution in [3.05, 3.63) is 53.1 Å². The second-order valence-electron chi connectivity index (χ2n) is 7.84. The van der Waals surface area contributed by atoms with Gasteiger partial charge in [0.25, 0.3) is 0 Å². The van der Waals surface area contributed by atoms with E-state index in [-0.39, 0.29) is 18.8 Å². The van der Waals surface area contributed by atoms with E-state index in [9.17, 15) is 15.0 Å². The van der Waals surface area contributed by atoms with Crippen LogP contribution in [0.1, 0.15) is 12.6 Å². The van der Waals surface area contributed by atoms with Gasteiger partial charge in [-0.2, -0.15) is 4.98 Å². The van der Waals surface area contributed by atoms with E-state index in [4.69, 9.17) is 19.9 Å². The topological polar surface area (TPSA) is 166 Å². The molecule has 3 aromatic rings. The Morgan fingerprint density at radius 1 is 1.24 bits per heavy atom. The predicted octanol–water partition coefficient (Wildman–Crippen LogP) is 1.20. The van der Waals surface area contributed by atoms with Gasteiger partial charge in [-0.15, -0.1) is 0 Å². The number of hydrogen-bond donors (Lipinski definition) is 5. The Morgan fingerprint density at radius 2 is 2.09 bits per heavy atom. The molecule has 12 nitrogen and oxygen atoms in total. The SMILES string of the molecule is Nc1cccc(NCCOc2cccc3c2Nc2nc(=O)n([C@H]4CC(O)[C@@H](CO)O4)cc2O3)n1. The number of aliphatic hydroxyl groups excluding tert-OH is 2. The number of hydrogen-bond acceptors (Lipinski definition) is 11. The van der Waals surface area contributed by atoms with Crippen molar-refractivity contribution in [2.75, 3.05) is 36.1 Å². The smallest absolute Gasteiger partial charge is 0.351 e. The Kier molecular flexibility index (Phi) is 5.92. The van der Waals surface area contributed by atoms with Crippen LogP contribution in [0.2, 0.25) is 0 Å². The molecule has 0 bridgehead atoms. The van der Waals surface area contributed by atoms with Crippen molar-refractivity contribution < 1.29 is 24.4 Å². The number of aliphatic hydroxyl groups is 2. The molecule has 0 amide bonds. The van der Waals surface area contributed by atoms with Crippen molar-refractivity contribution in [3.63, 3.8) is 0 Å². The molecule has 4 heterocycles. The van der Waals surface area contributed by atoms with E-state index in [0.717, 1.165) is 0 Å². The van der Waals surface area contributed by atoms with Crippen molar-refractivity contribution in [3.8, 4) is 17.2 Å². The second kappa shape index (κ2) is 9.17. The molecule has 2 aromatic heterocycles. The van der Waals surface area contributed by atoms with Crippen LogP contribution >= 0.6 is 0 Å². The van der Waals surface area contributed by atoms with E-state index in [1.807, 2.05) is 12.1 Å². The third-order valence-corrected chi connectivity index (χ3v) is 5.50. The van der Waals surface area contributed by atoms with Crippen LogP contribution < -0.4 is 31.5 Å². The minimum absolute atomic E-state index is 0.159. The number of ether oxygens (including phenoxy) is 3. The molecule has 1 aromatic carbocycles. The lowest BCUT2D eigenvalue weighted by Gasteiger charge is -2.24. The van der Waals surface area contributed by atoms with Gasteiger partial charge >= 0.3 is 5.69 Å². The standard InChI is InChI=1S/C22H24N6O6/c23-17-5-2-6-18(25-17)24-7-8-32-13-3-1-4-14-20(13)26-21-15(33-14)10-28(22(31)27-21)19-9-12(30)16(11-29)34-19/h1-6,10,12,16,19,29-30H,7-9,11H2,(H3,23,24,25)(H,26,27,31)/t12?,16-,19-/m1/s1. The highest BCUT2D eigenvalue weighted by molar-refractivity contribution is 5.77. The zero-order chi connectivity index (χ0) is 23.7. The molecule has 5 rings (SSSR count). The maximum absolute atomic E-state index is 12.6. The fraction of sp³-hybridized carbons (Fsp3) is 0.318. The zero-order valence-electron chi connectivity index (χ0n) is 18.0. The molecule has 34 heavy (non-hydrogen) atoms. The highest BCUT2D eigenvalue weighted by Gasteiger charge is 2.36. The number of nitrogens with zero attached hydrogens (tertiary/aromatic N) is 3. The van der Waals surface area contributed by atoms with Crippen molar-refractivity contribution >= 4 is 23.1 Å². The van der Waals surface area contributed by atoms with Gasteiger partial charge in [-0.05, 0) is 24.3 Å². The fourth-order valence-corrected chi connectivity index (χ4v) is 3.84. The molecule has 2 aliphatic rings. The Balaban J connectivity index is 1.28. The first kappa shape index (κ1) is 21.9. The van der Waals surface area contributed by atoms with Crippen molar-refractivity contribution in [2.45, 2.75) is 24.9 Å². The van der Waals surface area contributed by atoms with Gasteiger partial charge in [-0.3, -0.25) is 4.57 Å². The van der Waals surface area contributed by atoms with Crippen LogP contribution in [0.3, 0.4) is 0 Å². The summed E-state index contributed by atoms with van der Waals surface area (Å²) in [4.78, 5) is 20.9. The third-order valence-electron chi connectivity index (χ3n) is 5.50. The van der Waals surface area contributed by atoms with Crippen molar-refractivity contribution in [1.82, 2.24) is 14.5 Å². The number of nitrogen functional groups attached to an aromatic ring is 1. The first-order valence-corrected chi connectivity index (χ1v) is 10.8. The monoisotopic (exact) mass is 468 g/mol. The number of pyridine rings is 1. The van der Waals surface area contributed by atoms with Crippen LogP contribution in [0.25, 0.3) is 0 Å². The Labute approximate surface area is 193 Å². The van der Waals surface area contributed by atoms with Gasteiger partial charge in [-0.25, -0.2) is 9.78 Å². The molecule has 0 saturated carbocycles. The number of nitrogens with one attached hydrogen (secondary N) is 2. The summed E-state index contributed by atoms with van der Waals surface area (Å²) in [6, 6.07) is 10.7. The number of para-hydroxylation sites is 1. The van der Waals surface area contributed by atoms with Gasteiger partial charge in [0.15, 0.2) is 17.3 Å². The summed E-state index contributed by atoms with van der Waals surface area (Å²) in [5.41, 5.74) is 5.65. The van der Waals surface area contributed by atoms with E-state index in [0.29, 0.717) is 47.7 Å². The summed E-state index contributed by atoms with van der Waals surface area (Å²) in [6.45, 7) is 0.483. The van der Waals surface area contributed by atoms with Gasteiger partial charge < -0.3 is 40.8 Å². The molecule has 0 aliphatic carbocycles. The van der Waals surface area contributed by atoms with E-state index in [2.05, 4.69) is 20.6 Å². The van der Waals surface area contributed by atoms with E-state index in [1.54, 1.807) is 24.3 Å². The average Bonchev–Trinajstić information content (AvgIpc) is 3.20. The Bertz CT molecular complexity index is 1250. The highest BCUT2D eigenvalue weighted by Crippen LogP contribution is 2.45. The fourth-order valence-electron chi connectivity index (χ4n) is 3.84. The highest BCUT2D eigenvalue weighted by atomic mass is 16.5. The predicted molar refractivity (Wildman–Crippen MR) is 123 cm³/mol. The summed E-state index contributed by atoms with van der Waals surface area (Å²) < 4.78 is 18.7. The first-order chi connectivity index (χ1) is 16.5. The minimum atomic E-state index is -0.873. The molecule has 12 heteroatoms. The molecule has 0 spiro atoms. The number of aromatic nitrogens is 3. The molecular formula is C22H24N6O6. The summed E-state index contributed by atoms with van der Waals surface area (Å²) in [5.74, 6) is 2.68. The van der Waals surface area contributed by atoms with Crippen LogP contribution in [-0.4, -0.2) is 56.7 Å². The maximum Gasteiger partial charge on any atom is 0.351 e. The van der Waals surface area contributed by atoms with Crippen LogP contribution in [-0.2, 0) is 4.74 Å². The lowest BCUT2D eigenvalue weighted by Crippen LogP contribution is -2.29. The minimum Gasteiger partial charge on any atom is -0.489 e. The quantitative estimate of drug-likeness (QED) is 0.247. The van der Waals surface area contributed by atoms with Crippen LogP contribution in [0, 0.1) is 0 Å². The first-order valence-electron chi connectivity index (χ1n) is 10.8.